The van der Waals surface area contributed by atoms with Crippen LogP contribution in [0.25, 0.3) is 0 Å². The Morgan fingerprint density at radius 1 is 1.20 bits per heavy atom. The van der Waals surface area contributed by atoms with Crippen molar-refractivity contribution in [2.45, 2.75) is 38.3 Å². The van der Waals surface area contributed by atoms with Gasteiger partial charge in [-0.1, -0.05) is 30.3 Å². The number of carbonyl (C=O) groups excluding carboxylic acids is 1. The third-order valence-electron chi connectivity index (χ3n) is 5.20. The van der Waals surface area contributed by atoms with Gasteiger partial charge in [0.1, 0.15) is 11.4 Å². The van der Waals surface area contributed by atoms with E-state index in [1.807, 2.05) is 42.5 Å². The summed E-state index contributed by atoms with van der Waals surface area (Å²) in [4.78, 5) is 18.2. The van der Waals surface area contributed by atoms with Crippen molar-refractivity contribution in [2.75, 3.05) is 27.7 Å². The Bertz CT molecular complexity index is 921. The summed E-state index contributed by atoms with van der Waals surface area (Å²) >= 11 is 0. The minimum atomic E-state index is -0.246. The van der Waals surface area contributed by atoms with E-state index in [0.29, 0.717) is 12.1 Å². The lowest BCUT2D eigenvalue weighted by Gasteiger charge is -2.38. The molecule has 2 aromatic carbocycles. The fourth-order valence-corrected chi connectivity index (χ4v) is 3.73. The minimum Gasteiger partial charge on any atom is -0.487 e. The van der Waals surface area contributed by atoms with Crippen LogP contribution in [-0.4, -0.2) is 50.1 Å². The minimum absolute atomic E-state index is 0.0167. The molecule has 1 amide bonds. The molecule has 1 unspecified atom stereocenters. The Morgan fingerprint density at radius 3 is 2.70 bits per heavy atom. The van der Waals surface area contributed by atoms with Gasteiger partial charge < -0.3 is 20.3 Å². The quantitative estimate of drug-likeness (QED) is 0.588. The van der Waals surface area contributed by atoms with E-state index in [-0.39, 0.29) is 17.6 Å². The zero-order valence-electron chi connectivity index (χ0n) is 18.5. The molecule has 0 radical (unpaired) electrons. The highest BCUT2D eigenvalue weighted by molar-refractivity contribution is 5.94. The van der Waals surface area contributed by atoms with E-state index in [1.165, 1.54) is 0 Å². The van der Waals surface area contributed by atoms with Crippen LogP contribution in [0.1, 0.15) is 47.8 Å². The first-order valence-corrected chi connectivity index (χ1v) is 10.3. The first kappa shape index (κ1) is 21.7. The summed E-state index contributed by atoms with van der Waals surface area (Å²) in [7, 11) is 5.31. The highest BCUT2D eigenvalue weighted by Crippen LogP contribution is 2.39. The molecule has 0 bridgehead atoms. The number of guanidine groups is 1. The highest BCUT2D eigenvalue weighted by Gasteiger charge is 2.33. The number of hydrogen-bond acceptors (Lipinski definition) is 3. The maximum absolute atomic E-state index is 12.2. The number of aliphatic imine (C=N–C) groups is 1. The van der Waals surface area contributed by atoms with Gasteiger partial charge in [-0.15, -0.1) is 0 Å². The maximum atomic E-state index is 12.2. The van der Waals surface area contributed by atoms with Crippen LogP contribution in [0, 0.1) is 0 Å². The van der Waals surface area contributed by atoms with Crippen LogP contribution in [-0.2, 0) is 6.42 Å². The predicted octanol–water partition coefficient (Wildman–Crippen LogP) is 3.40. The highest BCUT2D eigenvalue weighted by atomic mass is 16.5. The van der Waals surface area contributed by atoms with Crippen LogP contribution < -0.4 is 15.4 Å². The molecular weight excluding hydrogens is 376 g/mol. The van der Waals surface area contributed by atoms with Gasteiger partial charge in [0.25, 0.3) is 5.91 Å². The molecule has 6 nitrogen and oxygen atoms in total. The Hall–Kier alpha value is -3.02. The van der Waals surface area contributed by atoms with Crippen LogP contribution >= 0.6 is 0 Å². The van der Waals surface area contributed by atoms with Gasteiger partial charge in [0.05, 0.1) is 6.04 Å². The predicted molar refractivity (Wildman–Crippen MR) is 121 cm³/mol. The average Bonchev–Trinajstić information content (AvgIpc) is 2.71. The molecule has 1 heterocycles. The number of hydrogen-bond donors (Lipinski definition) is 2. The molecule has 1 atom stereocenters. The van der Waals surface area contributed by atoms with Crippen molar-refractivity contribution in [2.24, 2.45) is 4.99 Å². The summed E-state index contributed by atoms with van der Waals surface area (Å²) in [6, 6.07) is 16.1. The van der Waals surface area contributed by atoms with Gasteiger partial charge in [-0.05, 0) is 44.0 Å². The summed E-state index contributed by atoms with van der Waals surface area (Å²) in [5.41, 5.74) is 2.73. The van der Waals surface area contributed by atoms with Crippen molar-refractivity contribution in [3.63, 3.8) is 0 Å². The monoisotopic (exact) mass is 408 g/mol. The second kappa shape index (κ2) is 9.20. The van der Waals surface area contributed by atoms with Crippen LogP contribution in [0.2, 0.25) is 0 Å². The number of fused-ring (bicyclic) bond motifs is 1. The van der Waals surface area contributed by atoms with Crippen molar-refractivity contribution in [1.29, 1.82) is 0 Å². The summed E-state index contributed by atoms with van der Waals surface area (Å²) in [5.74, 6) is 1.69. The van der Waals surface area contributed by atoms with Crippen molar-refractivity contribution in [3.05, 3.63) is 65.2 Å². The molecule has 0 aromatic heterocycles. The number of ether oxygens (including phenoxy) is 1. The molecule has 0 spiro atoms. The Labute approximate surface area is 179 Å². The number of rotatable bonds is 5. The van der Waals surface area contributed by atoms with E-state index in [1.54, 1.807) is 26.0 Å². The molecule has 6 heteroatoms. The lowest BCUT2D eigenvalue weighted by molar-refractivity contribution is 0.0694. The smallest absolute Gasteiger partial charge is 0.253 e. The topological polar surface area (TPSA) is 66.0 Å². The fraction of sp³-hybridized carbons (Fsp3) is 0.417. The Morgan fingerprint density at radius 2 is 1.97 bits per heavy atom. The summed E-state index contributed by atoms with van der Waals surface area (Å²) in [6.45, 7) is 4.93. The molecule has 3 rings (SSSR count). The van der Waals surface area contributed by atoms with E-state index in [9.17, 15) is 4.79 Å². The number of nitrogens with zero attached hydrogens (tertiary/aromatic N) is 2. The van der Waals surface area contributed by atoms with Crippen molar-refractivity contribution < 1.29 is 9.53 Å². The zero-order valence-corrected chi connectivity index (χ0v) is 18.5. The molecule has 0 saturated carbocycles. The van der Waals surface area contributed by atoms with Gasteiger partial charge in [-0.25, -0.2) is 0 Å². The summed E-state index contributed by atoms with van der Waals surface area (Å²) in [6.07, 6.45) is 1.64. The number of amides is 1. The number of carbonyl (C=O) groups is 1. The lowest BCUT2D eigenvalue weighted by atomic mass is 9.90. The molecule has 2 aromatic rings. The number of benzene rings is 2. The SMILES string of the molecule is CN=C(NCCc1cccc(C(=O)N(C)C)c1)NC1CC(C)(C)Oc2ccccc21. The molecule has 0 saturated heterocycles. The van der Waals surface area contributed by atoms with E-state index >= 15 is 0 Å². The molecule has 2 N–H and O–H groups in total. The molecule has 30 heavy (non-hydrogen) atoms. The van der Waals surface area contributed by atoms with Crippen molar-refractivity contribution in [3.8, 4) is 5.75 Å². The summed E-state index contributed by atoms with van der Waals surface area (Å²) in [5, 5.41) is 6.94. The number of nitrogens with one attached hydrogen (secondary N) is 2. The van der Waals surface area contributed by atoms with Gasteiger partial charge in [0, 0.05) is 45.2 Å². The van der Waals surface area contributed by atoms with Crippen LogP contribution in [0.4, 0.5) is 0 Å². The lowest BCUT2D eigenvalue weighted by Crippen LogP contribution is -2.45. The van der Waals surface area contributed by atoms with Crippen LogP contribution in [0.15, 0.2) is 53.5 Å². The number of para-hydroxylation sites is 1. The van der Waals surface area contributed by atoms with Gasteiger partial charge in [0.2, 0.25) is 0 Å². The third kappa shape index (κ3) is 5.32. The van der Waals surface area contributed by atoms with Gasteiger partial charge in [0.15, 0.2) is 5.96 Å². The van der Waals surface area contributed by atoms with E-state index in [2.05, 4.69) is 35.5 Å². The van der Waals surface area contributed by atoms with Gasteiger partial charge >= 0.3 is 0 Å². The molecule has 1 aliphatic heterocycles. The molecule has 0 fully saturated rings. The van der Waals surface area contributed by atoms with Gasteiger partial charge in [-0.2, -0.15) is 0 Å². The largest absolute Gasteiger partial charge is 0.487 e. The van der Waals surface area contributed by atoms with E-state index in [0.717, 1.165) is 35.7 Å². The molecule has 1 aliphatic rings. The zero-order chi connectivity index (χ0) is 21.7. The normalized spacial score (nSPS) is 17.5. The fourth-order valence-electron chi connectivity index (χ4n) is 3.73. The van der Waals surface area contributed by atoms with Crippen LogP contribution in [0.5, 0.6) is 5.75 Å². The Balaban J connectivity index is 1.61. The first-order valence-electron chi connectivity index (χ1n) is 10.3. The van der Waals surface area contributed by atoms with Crippen molar-refractivity contribution >= 4 is 11.9 Å². The average molecular weight is 409 g/mol. The summed E-state index contributed by atoms with van der Waals surface area (Å²) < 4.78 is 6.12. The standard InChI is InChI=1S/C24H32N4O2/c1-24(2)16-20(19-11-6-7-12-21(19)30-24)27-23(25-3)26-14-13-17-9-8-10-18(15-17)22(29)28(4)5/h6-12,15,20H,13-14,16H2,1-5H3,(H2,25,26,27). The second-order valence-electron chi connectivity index (χ2n) is 8.45. The molecular formula is C24H32N4O2. The maximum Gasteiger partial charge on any atom is 0.253 e. The molecule has 160 valence electrons. The Kier molecular flexibility index (Phi) is 6.65. The van der Waals surface area contributed by atoms with Crippen molar-refractivity contribution in [1.82, 2.24) is 15.5 Å². The molecule has 0 aliphatic carbocycles. The second-order valence-corrected chi connectivity index (χ2v) is 8.45. The van der Waals surface area contributed by atoms with E-state index < -0.39 is 0 Å². The first-order chi connectivity index (χ1) is 14.3. The van der Waals surface area contributed by atoms with Gasteiger partial charge in [-0.3, -0.25) is 9.79 Å². The third-order valence-corrected chi connectivity index (χ3v) is 5.20. The van der Waals surface area contributed by atoms with E-state index in [4.69, 9.17) is 4.74 Å². The van der Waals surface area contributed by atoms with Crippen LogP contribution in [0.3, 0.4) is 0 Å².